The van der Waals surface area contributed by atoms with Gasteiger partial charge in [-0.05, 0) is 72.8 Å². The molecule has 0 aliphatic carbocycles. The first-order valence-corrected chi connectivity index (χ1v) is 11.2. The van der Waals surface area contributed by atoms with Crippen LogP contribution in [0.5, 0.6) is 5.75 Å². The van der Waals surface area contributed by atoms with Gasteiger partial charge >= 0.3 is 0 Å². The van der Waals surface area contributed by atoms with Crippen LogP contribution in [0.25, 0.3) is 0 Å². The number of ether oxygens (including phenoxy) is 1. The lowest BCUT2D eigenvalue weighted by molar-refractivity contribution is -0.120. The van der Waals surface area contributed by atoms with Crippen molar-refractivity contribution in [1.29, 1.82) is 0 Å². The number of anilines is 2. The minimum Gasteiger partial charge on any atom is -0.497 e. The second-order valence-electron chi connectivity index (χ2n) is 6.54. The second-order valence-corrected chi connectivity index (χ2v) is 8.97. The number of hydrogen-bond acceptors (Lipinski definition) is 5. The maximum Gasteiger partial charge on any atom is 0.283 e. The van der Waals surface area contributed by atoms with Crippen LogP contribution in [0.2, 0.25) is 5.02 Å². The zero-order chi connectivity index (χ0) is 22.0. The first kappa shape index (κ1) is 21.5. The fourth-order valence-corrected chi connectivity index (χ4v) is 4.30. The summed E-state index contributed by atoms with van der Waals surface area (Å²) in [6, 6.07) is 21.3. The molecule has 0 aromatic heterocycles. The lowest BCUT2D eigenvalue weighted by Crippen LogP contribution is -2.32. The molecule has 156 valence electrons. The molecule has 1 aliphatic heterocycles. The van der Waals surface area contributed by atoms with Crippen molar-refractivity contribution in [2.75, 3.05) is 17.3 Å². The molecule has 0 bridgehead atoms. The fraction of sp³-hybridized carbons (Fsp3) is 0.0435. The van der Waals surface area contributed by atoms with E-state index in [1.807, 2.05) is 36.4 Å². The van der Waals surface area contributed by atoms with E-state index in [0.717, 1.165) is 9.37 Å². The van der Waals surface area contributed by atoms with Crippen molar-refractivity contribution in [3.05, 3.63) is 92.9 Å². The molecule has 0 radical (unpaired) electrons. The highest BCUT2D eigenvalue weighted by Gasteiger charge is 2.40. The van der Waals surface area contributed by atoms with Crippen LogP contribution in [0.1, 0.15) is 0 Å². The fourth-order valence-electron chi connectivity index (χ4n) is 2.98. The van der Waals surface area contributed by atoms with E-state index in [9.17, 15) is 9.59 Å². The highest BCUT2D eigenvalue weighted by Crippen LogP contribution is 2.38. The van der Waals surface area contributed by atoms with Crippen molar-refractivity contribution in [2.24, 2.45) is 0 Å². The molecule has 5 nitrogen and oxygen atoms in total. The Morgan fingerprint density at radius 1 is 0.903 bits per heavy atom. The summed E-state index contributed by atoms with van der Waals surface area (Å²) in [6.45, 7) is 0. The maximum atomic E-state index is 13.3. The van der Waals surface area contributed by atoms with Gasteiger partial charge in [-0.1, -0.05) is 39.3 Å². The summed E-state index contributed by atoms with van der Waals surface area (Å²) >= 11 is 10.6. The quantitative estimate of drug-likeness (QED) is 0.402. The monoisotopic (exact) mass is 514 g/mol. The average Bonchev–Trinajstić information content (AvgIpc) is 3.01. The standard InChI is InChI=1S/C23H16BrClN2O3S/c1-30-18-10-8-17(9-11-18)27-22(28)20(26-16-6-2-14(24)3-7-16)21(23(27)29)31-19-12-4-15(25)5-13-19/h2-13,26H,1H3. The zero-order valence-electron chi connectivity index (χ0n) is 16.3. The normalized spacial score (nSPS) is 13.7. The van der Waals surface area contributed by atoms with Gasteiger partial charge in [-0.3, -0.25) is 9.59 Å². The lowest BCUT2D eigenvalue weighted by Gasteiger charge is -2.15. The number of carbonyl (C=O) groups is 2. The van der Waals surface area contributed by atoms with Crippen molar-refractivity contribution >= 4 is 62.5 Å². The smallest absolute Gasteiger partial charge is 0.283 e. The summed E-state index contributed by atoms with van der Waals surface area (Å²) in [5.74, 6) is -0.177. The van der Waals surface area contributed by atoms with Gasteiger partial charge in [-0.2, -0.15) is 0 Å². The molecule has 0 saturated heterocycles. The Morgan fingerprint density at radius 3 is 2.16 bits per heavy atom. The number of nitrogens with zero attached hydrogens (tertiary/aromatic N) is 1. The van der Waals surface area contributed by atoms with Crippen molar-refractivity contribution < 1.29 is 14.3 Å². The lowest BCUT2D eigenvalue weighted by atomic mass is 10.2. The van der Waals surface area contributed by atoms with Crippen LogP contribution in [-0.2, 0) is 9.59 Å². The first-order chi connectivity index (χ1) is 15.0. The molecule has 0 fully saturated rings. The maximum absolute atomic E-state index is 13.3. The van der Waals surface area contributed by atoms with Crippen LogP contribution in [0.4, 0.5) is 11.4 Å². The second kappa shape index (κ2) is 9.18. The van der Waals surface area contributed by atoms with Gasteiger partial charge in [0.15, 0.2) is 0 Å². The van der Waals surface area contributed by atoms with Gasteiger partial charge in [0, 0.05) is 20.1 Å². The van der Waals surface area contributed by atoms with E-state index in [1.165, 1.54) is 16.7 Å². The number of thioether (sulfide) groups is 1. The van der Waals surface area contributed by atoms with E-state index in [-0.39, 0.29) is 5.70 Å². The summed E-state index contributed by atoms with van der Waals surface area (Å²) in [6.07, 6.45) is 0. The highest BCUT2D eigenvalue weighted by atomic mass is 79.9. The predicted octanol–water partition coefficient (Wildman–Crippen LogP) is 6.10. The number of hydrogen-bond donors (Lipinski definition) is 1. The number of amides is 2. The van der Waals surface area contributed by atoms with Gasteiger partial charge in [0.05, 0.1) is 12.8 Å². The molecule has 0 saturated carbocycles. The van der Waals surface area contributed by atoms with Gasteiger partial charge in [0.2, 0.25) is 0 Å². The Kier molecular flexibility index (Phi) is 6.36. The Morgan fingerprint density at radius 2 is 1.55 bits per heavy atom. The SMILES string of the molecule is COc1ccc(N2C(=O)C(Nc3ccc(Br)cc3)=C(Sc3ccc(Cl)cc3)C2=O)cc1. The molecule has 4 rings (SSSR count). The van der Waals surface area contributed by atoms with Crippen LogP contribution < -0.4 is 15.0 Å². The molecule has 31 heavy (non-hydrogen) atoms. The van der Waals surface area contributed by atoms with Crippen molar-refractivity contribution in [1.82, 2.24) is 0 Å². The van der Waals surface area contributed by atoms with Crippen molar-refractivity contribution in [3.63, 3.8) is 0 Å². The highest BCUT2D eigenvalue weighted by molar-refractivity contribution is 9.10. The summed E-state index contributed by atoms with van der Waals surface area (Å²) < 4.78 is 6.09. The van der Waals surface area contributed by atoms with Gasteiger partial charge < -0.3 is 10.1 Å². The molecule has 1 N–H and O–H groups in total. The number of methoxy groups -OCH3 is 1. The van der Waals surface area contributed by atoms with Crippen LogP contribution in [0.15, 0.2) is 92.8 Å². The molecule has 1 heterocycles. The third-order valence-corrected chi connectivity index (χ3v) is 6.39. The Bertz CT molecular complexity index is 1090. The first-order valence-electron chi connectivity index (χ1n) is 9.19. The summed E-state index contributed by atoms with van der Waals surface area (Å²) in [4.78, 5) is 28.9. The van der Waals surface area contributed by atoms with Crippen molar-refractivity contribution in [2.45, 2.75) is 4.90 Å². The van der Waals surface area contributed by atoms with Crippen molar-refractivity contribution in [3.8, 4) is 5.75 Å². The van der Waals surface area contributed by atoms with Crippen LogP contribution >= 0.6 is 39.3 Å². The topological polar surface area (TPSA) is 58.6 Å². The third kappa shape index (κ3) is 4.63. The molecule has 8 heteroatoms. The Hall–Kier alpha value is -2.74. The predicted molar refractivity (Wildman–Crippen MR) is 128 cm³/mol. The summed E-state index contributed by atoms with van der Waals surface area (Å²) in [5, 5.41) is 3.72. The minimum absolute atomic E-state index is 0.225. The number of carbonyl (C=O) groups excluding carboxylic acids is 2. The molecule has 3 aromatic carbocycles. The van der Waals surface area contributed by atoms with Crippen LogP contribution in [0, 0.1) is 0 Å². The molecule has 1 aliphatic rings. The van der Waals surface area contributed by atoms with E-state index < -0.39 is 11.8 Å². The van der Waals surface area contributed by atoms with Gasteiger partial charge in [0.25, 0.3) is 11.8 Å². The summed E-state index contributed by atoms with van der Waals surface area (Å²) in [5.41, 5.74) is 1.39. The van der Waals surface area contributed by atoms with Gasteiger partial charge in [0.1, 0.15) is 16.4 Å². The molecule has 0 unspecified atom stereocenters. The molecule has 0 spiro atoms. The average molecular weight is 516 g/mol. The Balaban J connectivity index is 1.71. The van der Waals surface area contributed by atoms with E-state index in [4.69, 9.17) is 16.3 Å². The molecular weight excluding hydrogens is 500 g/mol. The minimum atomic E-state index is -0.422. The molecule has 2 amide bonds. The molecule has 3 aromatic rings. The van der Waals surface area contributed by atoms with E-state index in [0.29, 0.717) is 27.1 Å². The number of imide groups is 1. The van der Waals surface area contributed by atoms with Crippen LogP contribution in [-0.4, -0.2) is 18.9 Å². The third-order valence-electron chi connectivity index (χ3n) is 4.52. The molecular formula is C23H16BrClN2O3S. The van der Waals surface area contributed by atoms with E-state index in [2.05, 4.69) is 21.2 Å². The zero-order valence-corrected chi connectivity index (χ0v) is 19.4. The number of halogens is 2. The number of nitrogens with one attached hydrogen (secondary N) is 1. The van der Waals surface area contributed by atoms with Crippen LogP contribution in [0.3, 0.4) is 0 Å². The van der Waals surface area contributed by atoms with Gasteiger partial charge in [-0.25, -0.2) is 4.90 Å². The van der Waals surface area contributed by atoms with E-state index in [1.54, 1.807) is 43.5 Å². The van der Waals surface area contributed by atoms with Gasteiger partial charge in [-0.15, -0.1) is 0 Å². The number of benzene rings is 3. The summed E-state index contributed by atoms with van der Waals surface area (Å²) in [7, 11) is 1.56. The number of rotatable bonds is 6. The largest absolute Gasteiger partial charge is 0.497 e. The molecule has 0 atom stereocenters. The van der Waals surface area contributed by atoms with E-state index >= 15 is 0 Å². The Labute approximate surface area is 197 Å².